The van der Waals surface area contributed by atoms with Crippen LogP contribution in [0.5, 0.6) is 0 Å². The minimum absolute atomic E-state index is 0.194. The van der Waals surface area contributed by atoms with Gasteiger partial charge in [-0.15, -0.1) is 10.2 Å². The predicted molar refractivity (Wildman–Crippen MR) is 104 cm³/mol. The first-order valence-corrected chi connectivity index (χ1v) is 8.87. The highest BCUT2D eigenvalue weighted by molar-refractivity contribution is 6.30. The summed E-state index contributed by atoms with van der Waals surface area (Å²) in [5, 5.41) is 16.8. The number of halogens is 2. The van der Waals surface area contributed by atoms with E-state index in [1.165, 1.54) is 0 Å². The summed E-state index contributed by atoms with van der Waals surface area (Å²) in [7, 11) is 0. The molecule has 2 aromatic heterocycles. The van der Waals surface area contributed by atoms with Gasteiger partial charge in [0, 0.05) is 21.2 Å². The Kier molecular flexibility index (Phi) is 4.75. The van der Waals surface area contributed by atoms with Crippen molar-refractivity contribution in [3.8, 4) is 11.3 Å². The van der Waals surface area contributed by atoms with Gasteiger partial charge in [-0.1, -0.05) is 35.3 Å². The average Bonchev–Trinajstić information content (AvgIpc) is 3.09. The highest BCUT2D eigenvalue weighted by Crippen LogP contribution is 2.20. The molecule has 4 aromatic rings. The van der Waals surface area contributed by atoms with Gasteiger partial charge in [-0.2, -0.15) is 9.61 Å². The van der Waals surface area contributed by atoms with Crippen LogP contribution in [0.15, 0.2) is 60.7 Å². The minimum atomic E-state index is -0.225. The largest absolute Gasteiger partial charge is 0.345 e. The van der Waals surface area contributed by atoms with Crippen LogP contribution in [0.2, 0.25) is 10.0 Å². The summed E-state index contributed by atoms with van der Waals surface area (Å²) in [6, 6.07) is 17.8. The Bertz CT molecular complexity index is 1110. The van der Waals surface area contributed by atoms with E-state index in [1.54, 1.807) is 28.8 Å². The third-order valence-electron chi connectivity index (χ3n) is 3.98. The van der Waals surface area contributed by atoms with E-state index in [0.717, 1.165) is 11.3 Å². The Morgan fingerprint density at radius 1 is 0.889 bits per heavy atom. The van der Waals surface area contributed by atoms with E-state index < -0.39 is 0 Å². The summed E-state index contributed by atoms with van der Waals surface area (Å²) in [5.41, 5.74) is 2.79. The van der Waals surface area contributed by atoms with Gasteiger partial charge in [0.1, 0.15) is 0 Å². The molecule has 8 heteroatoms. The van der Waals surface area contributed by atoms with Crippen molar-refractivity contribution in [2.75, 3.05) is 0 Å². The van der Waals surface area contributed by atoms with E-state index in [-0.39, 0.29) is 12.5 Å². The maximum absolute atomic E-state index is 12.3. The number of carbonyl (C=O) groups is 1. The summed E-state index contributed by atoms with van der Waals surface area (Å²) >= 11 is 11.8. The smallest absolute Gasteiger partial charge is 0.251 e. The number of amides is 1. The second-order valence-electron chi connectivity index (χ2n) is 5.80. The number of hydrogen-bond donors (Lipinski definition) is 1. The number of carbonyl (C=O) groups excluding carboxylic acids is 1. The zero-order valence-electron chi connectivity index (χ0n) is 13.9. The molecular formula is C19H13Cl2N5O. The topological polar surface area (TPSA) is 72.2 Å². The molecule has 2 aromatic carbocycles. The van der Waals surface area contributed by atoms with Crippen molar-refractivity contribution in [3.63, 3.8) is 0 Å². The standard InChI is InChI=1S/C19H13Cl2N5O/c20-14-5-1-12(2-6-14)16-9-10-17-23-24-18(26(17)25-16)11-22-19(27)13-3-7-15(21)8-4-13/h1-10H,11H2,(H,22,27). The van der Waals surface area contributed by atoms with Gasteiger partial charge in [0.15, 0.2) is 11.5 Å². The monoisotopic (exact) mass is 397 g/mol. The highest BCUT2D eigenvalue weighted by Gasteiger charge is 2.11. The van der Waals surface area contributed by atoms with Crippen LogP contribution < -0.4 is 5.32 Å². The molecule has 0 radical (unpaired) electrons. The van der Waals surface area contributed by atoms with Crippen LogP contribution in [-0.4, -0.2) is 25.7 Å². The number of aromatic nitrogens is 4. The molecule has 27 heavy (non-hydrogen) atoms. The van der Waals surface area contributed by atoms with Crippen LogP contribution >= 0.6 is 23.2 Å². The zero-order valence-corrected chi connectivity index (χ0v) is 15.4. The number of fused-ring (bicyclic) bond motifs is 1. The normalized spacial score (nSPS) is 10.9. The lowest BCUT2D eigenvalue weighted by atomic mass is 10.1. The molecule has 0 saturated heterocycles. The second kappa shape index (κ2) is 7.34. The molecule has 1 amide bonds. The molecule has 2 heterocycles. The number of rotatable bonds is 4. The van der Waals surface area contributed by atoms with Crippen LogP contribution in [0.1, 0.15) is 16.2 Å². The quantitative estimate of drug-likeness (QED) is 0.564. The summed E-state index contributed by atoms with van der Waals surface area (Å²) in [6.07, 6.45) is 0. The van der Waals surface area contributed by atoms with E-state index in [0.29, 0.717) is 27.1 Å². The van der Waals surface area contributed by atoms with Crippen LogP contribution in [0, 0.1) is 0 Å². The van der Waals surface area contributed by atoms with Crippen LogP contribution in [0.4, 0.5) is 0 Å². The number of nitrogens with one attached hydrogen (secondary N) is 1. The summed E-state index contributed by atoms with van der Waals surface area (Å²) in [4.78, 5) is 12.3. The molecule has 0 aliphatic rings. The van der Waals surface area contributed by atoms with Crippen molar-refractivity contribution < 1.29 is 4.79 Å². The number of nitrogens with zero attached hydrogens (tertiary/aromatic N) is 4. The molecule has 0 saturated carbocycles. The Morgan fingerprint density at radius 3 is 2.26 bits per heavy atom. The van der Waals surface area contributed by atoms with E-state index in [4.69, 9.17) is 23.2 Å². The van der Waals surface area contributed by atoms with E-state index in [1.807, 2.05) is 36.4 Å². The fraction of sp³-hybridized carbons (Fsp3) is 0.0526. The Balaban J connectivity index is 1.56. The molecule has 4 rings (SSSR count). The summed E-state index contributed by atoms with van der Waals surface area (Å²) in [5.74, 6) is 0.306. The predicted octanol–water partition coefficient (Wildman–Crippen LogP) is 4.03. The van der Waals surface area contributed by atoms with Gasteiger partial charge >= 0.3 is 0 Å². The van der Waals surface area contributed by atoms with Crippen LogP contribution in [0.3, 0.4) is 0 Å². The van der Waals surface area contributed by atoms with Gasteiger partial charge in [-0.25, -0.2) is 0 Å². The number of benzene rings is 2. The van der Waals surface area contributed by atoms with Crippen molar-refractivity contribution in [1.29, 1.82) is 0 Å². The molecule has 6 nitrogen and oxygen atoms in total. The maximum atomic E-state index is 12.3. The first-order chi connectivity index (χ1) is 13.1. The van der Waals surface area contributed by atoms with Gasteiger partial charge in [-0.05, 0) is 48.5 Å². The molecule has 0 bridgehead atoms. The van der Waals surface area contributed by atoms with Crippen molar-refractivity contribution in [2.24, 2.45) is 0 Å². The molecule has 0 fully saturated rings. The van der Waals surface area contributed by atoms with E-state index >= 15 is 0 Å². The molecule has 0 spiro atoms. The fourth-order valence-corrected chi connectivity index (χ4v) is 2.83. The van der Waals surface area contributed by atoms with E-state index in [9.17, 15) is 4.79 Å². The second-order valence-corrected chi connectivity index (χ2v) is 6.67. The van der Waals surface area contributed by atoms with E-state index in [2.05, 4.69) is 20.6 Å². The molecule has 0 aliphatic heterocycles. The average molecular weight is 398 g/mol. The summed E-state index contributed by atoms with van der Waals surface area (Å²) < 4.78 is 1.62. The SMILES string of the molecule is O=C(NCc1nnc2ccc(-c3ccc(Cl)cc3)nn12)c1ccc(Cl)cc1. The molecular weight excluding hydrogens is 385 g/mol. The molecule has 0 unspecified atom stereocenters. The fourth-order valence-electron chi connectivity index (χ4n) is 2.58. The van der Waals surface area contributed by atoms with Crippen molar-refractivity contribution in [2.45, 2.75) is 6.54 Å². The molecule has 1 N–H and O–H groups in total. The Hall–Kier alpha value is -2.96. The zero-order chi connectivity index (χ0) is 18.8. The van der Waals surface area contributed by atoms with Crippen molar-refractivity contribution >= 4 is 34.8 Å². The first-order valence-electron chi connectivity index (χ1n) is 8.11. The van der Waals surface area contributed by atoms with Gasteiger partial charge in [-0.3, -0.25) is 4.79 Å². The van der Waals surface area contributed by atoms with Crippen LogP contribution in [-0.2, 0) is 6.54 Å². The maximum Gasteiger partial charge on any atom is 0.251 e. The highest BCUT2D eigenvalue weighted by atomic mass is 35.5. The lowest BCUT2D eigenvalue weighted by Gasteiger charge is -2.05. The first kappa shape index (κ1) is 17.5. The lowest BCUT2D eigenvalue weighted by molar-refractivity contribution is 0.0949. The van der Waals surface area contributed by atoms with Gasteiger partial charge in [0.05, 0.1) is 12.2 Å². The van der Waals surface area contributed by atoms with Gasteiger partial charge < -0.3 is 5.32 Å². The van der Waals surface area contributed by atoms with Crippen molar-refractivity contribution in [3.05, 3.63) is 82.1 Å². The Morgan fingerprint density at radius 2 is 1.56 bits per heavy atom. The minimum Gasteiger partial charge on any atom is -0.345 e. The lowest BCUT2D eigenvalue weighted by Crippen LogP contribution is -2.24. The number of hydrogen-bond acceptors (Lipinski definition) is 4. The third-order valence-corrected chi connectivity index (χ3v) is 4.48. The van der Waals surface area contributed by atoms with Crippen LogP contribution in [0.25, 0.3) is 16.9 Å². The molecule has 0 aliphatic carbocycles. The van der Waals surface area contributed by atoms with Gasteiger partial charge in [0.2, 0.25) is 0 Å². The van der Waals surface area contributed by atoms with Gasteiger partial charge in [0.25, 0.3) is 5.91 Å². The molecule has 0 atom stereocenters. The van der Waals surface area contributed by atoms with Crippen molar-refractivity contribution in [1.82, 2.24) is 25.1 Å². The molecule has 134 valence electrons. The summed E-state index contributed by atoms with van der Waals surface area (Å²) in [6.45, 7) is 0.194. The Labute approximate surface area is 164 Å². The third kappa shape index (κ3) is 3.77.